The van der Waals surface area contributed by atoms with Crippen molar-refractivity contribution in [2.24, 2.45) is 0 Å². The van der Waals surface area contributed by atoms with Crippen LogP contribution in [0.1, 0.15) is 39.1 Å². The predicted octanol–water partition coefficient (Wildman–Crippen LogP) is 2.68. The second-order valence-corrected chi connectivity index (χ2v) is 14.0. The molecule has 13 nitrogen and oxygen atoms in total. The zero-order valence-electron chi connectivity index (χ0n) is 24.0. The van der Waals surface area contributed by atoms with Crippen molar-refractivity contribution in [3.05, 3.63) is 27.6 Å². The number of anilines is 1. The number of alkyl halides is 3. The lowest BCUT2D eigenvalue weighted by atomic mass is 10.0. The molecule has 2 saturated heterocycles. The largest absolute Gasteiger partial charge is 0.444 e. The van der Waals surface area contributed by atoms with Crippen molar-refractivity contribution in [2.45, 2.75) is 56.7 Å². The molecule has 2 fully saturated rings. The van der Waals surface area contributed by atoms with Crippen LogP contribution in [-0.4, -0.2) is 95.9 Å². The van der Waals surface area contributed by atoms with Crippen molar-refractivity contribution in [2.75, 3.05) is 51.0 Å². The number of hydrogen-bond donors (Lipinski definition) is 1. The number of fused-ring (bicyclic) bond motifs is 1. The molecule has 0 unspecified atom stereocenters. The topological polar surface area (TPSA) is 141 Å². The van der Waals surface area contributed by atoms with Gasteiger partial charge < -0.3 is 19.3 Å². The number of halogens is 3. The van der Waals surface area contributed by atoms with Crippen LogP contribution in [0, 0.1) is 0 Å². The van der Waals surface area contributed by atoms with Gasteiger partial charge in [0.25, 0.3) is 6.43 Å². The van der Waals surface area contributed by atoms with Gasteiger partial charge in [0.05, 0.1) is 34.8 Å². The molecule has 2 aliphatic heterocycles. The Hall–Kier alpha value is -3.22. The van der Waals surface area contributed by atoms with Gasteiger partial charge in [-0.25, -0.2) is 35.7 Å². The average Bonchev–Trinajstić information content (AvgIpc) is 3.51. The van der Waals surface area contributed by atoms with Crippen molar-refractivity contribution in [1.29, 1.82) is 0 Å². The molecule has 1 amide bonds. The first-order valence-electron chi connectivity index (χ1n) is 13.5. The highest BCUT2D eigenvalue weighted by Crippen LogP contribution is 2.35. The Kier molecular flexibility index (Phi) is 8.25. The third-order valence-electron chi connectivity index (χ3n) is 7.05. The second kappa shape index (κ2) is 11.4. The smallest absolute Gasteiger partial charge is 0.410 e. The minimum atomic E-state index is -4.36. The zero-order chi connectivity index (χ0) is 31.3. The van der Waals surface area contributed by atoms with E-state index in [1.54, 1.807) is 27.7 Å². The summed E-state index contributed by atoms with van der Waals surface area (Å²) in [4.78, 5) is 29.4. The van der Waals surface area contributed by atoms with Gasteiger partial charge in [0.1, 0.15) is 17.8 Å². The van der Waals surface area contributed by atoms with Crippen LogP contribution in [0.3, 0.4) is 0 Å². The van der Waals surface area contributed by atoms with E-state index >= 15 is 0 Å². The van der Waals surface area contributed by atoms with Gasteiger partial charge in [-0.2, -0.15) is 4.72 Å². The minimum absolute atomic E-state index is 0.0930. The summed E-state index contributed by atoms with van der Waals surface area (Å²) in [6.45, 7) is 6.91. The summed E-state index contributed by atoms with van der Waals surface area (Å²) in [6, 6.07) is 2.63. The maximum Gasteiger partial charge on any atom is 0.410 e. The molecule has 0 saturated carbocycles. The number of imidazole rings is 1. The molecule has 3 aromatic rings. The van der Waals surface area contributed by atoms with Crippen LogP contribution < -0.4 is 15.3 Å². The fourth-order valence-electron chi connectivity index (χ4n) is 4.94. The van der Waals surface area contributed by atoms with E-state index in [1.165, 1.54) is 21.6 Å². The first kappa shape index (κ1) is 31.2. The molecule has 1 aromatic carbocycles. The summed E-state index contributed by atoms with van der Waals surface area (Å²) in [6.07, 6.45) is -3.40. The summed E-state index contributed by atoms with van der Waals surface area (Å²) >= 11 is 0.511. The highest BCUT2D eigenvalue weighted by molar-refractivity contribution is 7.89. The molecule has 0 aliphatic carbocycles. The van der Waals surface area contributed by atoms with Gasteiger partial charge >= 0.3 is 11.8 Å². The van der Waals surface area contributed by atoms with Crippen molar-refractivity contribution < 1.29 is 35.9 Å². The highest BCUT2D eigenvalue weighted by Gasteiger charge is 2.43. The Labute approximate surface area is 249 Å². The molecular weight excluding hydrogens is 615 g/mol. The molecule has 0 atom stereocenters. The Bertz CT molecular complexity index is 1680. The lowest BCUT2D eigenvalue weighted by molar-refractivity contribution is -0.0725. The average molecular weight is 648 g/mol. The molecule has 43 heavy (non-hydrogen) atoms. The Morgan fingerprint density at radius 3 is 2.37 bits per heavy atom. The summed E-state index contributed by atoms with van der Waals surface area (Å²) in [5, 5.41) is 6.52. The molecule has 2 aromatic heterocycles. The number of benzene rings is 1. The third-order valence-corrected chi connectivity index (χ3v) is 9.52. The fraction of sp³-hybridized carbons (Fsp3) is 0.600. The van der Waals surface area contributed by atoms with Gasteiger partial charge in [-0.1, -0.05) is 11.3 Å². The van der Waals surface area contributed by atoms with E-state index in [1.807, 2.05) is 4.90 Å². The number of nitrogens with zero attached hydrogens (tertiary/aromatic N) is 6. The maximum atomic E-state index is 13.8. The van der Waals surface area contributed by atoms with E-state index in [9.17, 15) is 31.2 Å². The van der Waals surface area contributed by atoms with Gasteiger partial charge in [-0.05, 0) is 39.8 Å². The first-order chi connectivity index (χ1) is 20.2. The third kappa shape index (κ3) is 5.97. The summed E-state index contributed by atoms with van der Waals surface area (Å²) in [5.41, 5.74) is -1.94. The second-order valence-electron chi connectivity index (χ2n) is 11.4. The Morgan fingerprint density at radius 1 is 1.19 bits per heavy atom. The number of aryl methyl sites for hydroxylation is 1. The molecule has 2 aliphatic rings. The van der Waals surface area contributed by atoms with E-state index in [4.69, 9.17) is 9.47 Å². The number of piperazine rings is 1. The number of ether oxygens (including phenoxy) is 2. The van der Waals surface area contributed by atoms with Gasteiger partial charge in [0.2, 0.25) is 15.2 Å². The lowest BCUT2D eigenvalue weighted by Crippen LogP contribution is -2.63. The van der Waals surface area contributed by atoms with Gasteiger partial charge in [0.15, 0.2) is 5.01 Å². The maximum absolute atomic E-state index is 13.8. The highest BCUT2D eigenvalue weighted by atomic mass is 32.2. The predicted molar refractivity (Wildman–Crippen MR) is 151 cm³/mol. The molecule has 1 N–H and O–H groups in total. The Morgan fingerprint density at radius 2 is 1.86 bits per heavy atom. The summed E-state index contributed by atoms with van der Waals surface area (Å²) in [7, 11) is -4.36. The van der Waals surface area contributed by atoms with E-state index in [-0.39, 0.29) is 61.5 Å². The van der Waals surface area contributed by atoms with E-state index < -0.39 is 51.1 Å². The molecule has 0 radical (unpaired) electrons. The number of nitrogens with one attached hydrogen (secondary N) is 1. The Balaban J connectivity index is 1.64. The summed E-state index contributed by atoms with van der Waals surface area (Å²) < 4.78 is 83.2. The minimum Gasteiger partial charge on any atom is -0.444 e. The molecular formula is C25H32F3N7O6S2. The van der Waals surface area contributed by atoms with Crippen molar-refractivity contribution in [3.8, 4) is 5.13 Å². The number of sulfonamides is 1. The lowest BCUT2D eigenvalue weighted by Gasteiger charge is -2.39. The van der Waals surface area contributed by atoms with Crippen LogP contribution in [0.4, 0.5) is 23.7 Å². The van der Waals surface area contributed by atoms with Crippen LogP contribution in [0.25, 0.3) is 16.2 Å². The number of rotatable bonds is 8. The van der Waals surface area contributed by atoms with Gasteiger partial charge in [0, 0.05) is 32.7 Å². The van der Waals surface area contributed by atoms with Crippen LogP contribution in [0.2, 0.25) is 0 Å². The normalized spacial score (nSPS) is 17.5. The molecule has 0 spiro atoms. The SMILES string of the molecule is CCn1c(=O)n(-c2nnc(C(F)F)s2)c2cc(S(=O)(=O)NC3(CF)COC3)cc(N3CCN(C(=O)OC(C)(C)C)CC3)c21. The van der Waals surface area contributed by atoms with Crippen LogP contribution >= 0.6 is 11.3 Å². The number of carbonyl (C=O) groups is 1. The molecule has 0 bridgehead atoms. The van der Waals surface area contributed by atoms with Gasteiger partial charge in [-0.3, -0.25) is 4.57 Å². The number of amides is 1. The zero-order valence-corrected chi connectivity index (χ0v) is 25.6. The van der Waals surface area contributed by atoms with Crippen molar-refractivity contribution >= 4 is 44.2 Å². The standard InChI is InChI=1S/C25H32F3N7O6S2/c1-5-34-18-16(32-6-8-33(9-7-32)23(37)41-24(2,3)4)10-15(43(38,39)31-25(12-26)13-40-14-25)11-17(18)35(22(34)36)21-30-29-20(42-21)19(27)28/h10-11,19,31H,5-9,12-14H2,1-4H3. The number of aromatic nitrogens is 4. The molecule has 236 valence electrons. The van der Waals surface area contributed by atoms with E-state index in [2.05, 4.69) is 14.9 Å². The van der Waals surface area contributed by atoms with Crippen molar-refractivity contribution in [3.63, 3.8) is 0 Å². The molecule has 4 heterocycles. The quantitative estimate of drug-likeness (QED) is 0.391. The molecule has 5 rings (SSSR count). The van der Waals surface area contributed by atoms with E-state index in [0.717, 1.165) is 4.57 Å². The monoisotopic (exact) mass is 647 g/mol. The summed E-state index contributed by atoms with van der Waals surface area (Å²) in [5.74, 6) is 0. The van der Waals surface area contributed by atoms with E-state index in [0.29, 0.717) is 22.5 Å². The van der Waals surface area contributed by atoms with Crippen molar-refractivity contribution in [1.82, 2.24) is 29.0 Å². The number of carbonyl (C=O) groups excluding carboxylic acids is 1. The first-order valence-corrected chi connectivity index (χ1v) is 15.8. The fourth-order valence-corrected chi connectivity index (χ4v) is 7.04. The van der Waals surface area contributed by atoms with Crippen LogP contribution in [0.5, 0.6) is 0 Å². The number of hydrogen-bond acceptors (Lipinski definition) is 10. The van der Waals surface area contributed by atoms with Crippen LogP contribution in [0.15, 0.2) is 21.8 Å². The van der Waals surface area contributed by atoms with Crippen LogP contribution in [-0.2, 0) is 26.0 Å². The van der Waals surface area contributed by atoms with Gasteiger partial charge in [-0.15, -0.1) is 10.2 Å². The molecule has 18 heteroatoms.